The van der Waals surface area contributed by atoms with Gasteiger partial charge >= 0.3 is 0 Å². The zero-order valence-corrected chi connectivity index (χ0v) is 17.5. The first kappa shape index (κ1) is 22.4. The topological polar surface area (TPSA) is 67.4 Å². The van der Waals surface area contributed by atoms with Crippen molar-refractivity contribution in [1.29, 1.82) is 0 Å². The molecule has 0 heterocycles. The summed E-state index contributed by atoms with van der Waals surface area (Å²) in [4.78, 5) is 23.9. The SMILES string of the molecule is Cc1ccc(OCC(=O)NCCNC(=O)Cc2ccc(F)cc2)c(C(C)(C)C)c1. The Kier molecular flexibility index (Phi) is 7.76. The summed E-state index contributed by atoms with van der Waals surface area (Å²) in [6, 6.07) is 11.7. The maximum Gasteiger partial charge on any atom is 0.258 e. The maximum atomic E-state index is 12.9. The number of hydrogen-bond acceptors (Lipinski definition) is 3. The summed E-state index contributed by atoms with van der Waals surface area (Å²) >= 11 is 0. The minimum Gasteiger partial charge on any atom is -0.483 e. The highest BCUT2D eigenvalue weighted by Crippen LogP contribution is 2.32. The van der Waals surface area contributed by atoms with E-state index in [1.165, 1.54) is 12.1 Å². The lowest BCUT2D eigenvalue weighted by atomic mass is 9.85. The fourth-order valence-electron chi connectivity index (χ4n) is 2.80. The van der Waals surface area contributed by atoms with Gasteiger partial charge in [0.15, 0.2) is 6.61 Å². The molecule has 156 valence electrons. The summed E-state index contributed by atoms with van der Waals surface area (Å²) in [5, 5.41) is 5.44. The molecule has 0 unspecified atom stereocenters. The van der Waals surface area contributed by atoms with E-state index in [2.05, 4.69) is 37.5 Å². The number of halogens is 1. The highest BCUT2D eigenvalue weighted by Gasteiger charge is 2.19. The Morgan fingerprint density at radius 1 is 0.966 bits per heavy atom. The summed E-state index contributed by atoms with van der Waals surface area (Å²) in [7, 11) is 0. The van der Waals surface area contributed by atoms with Crippen molar-refractivity contribution < 1.29 is 18.7 Å². The van der Waals surface area contributed by atoms with Gasteiger partial charge in [0.2, 0.25) is 5.91 Å². The normalized spacial score (nSPS) is 11.1. The molecule has 6 heteroatoms. The van der Waals surface area contributed by atoms with E-state index in [0.29, 0.717) is 18.8 Å². The van der Waals surface area contributed by atoms with E-state index in [-0.39, 0.29) is 36.1 Å². The molecule has 2 N–H and O–H groups in total. The van der Waals surface area contributed by atoms with Crippen molar-refractivity contribution in [1.82, 2.24) is 10.6 Å². The van der Waals surface area contributed by atoms with Crippen LogP contribution in [0.1, 0.15) is 37.5 Å². The molecule has 0 fully saturated rings. The van der Waals surface area contributed by atoms with E-state index in [4.69, 9.17) is 4.74 Å². The van der Waals surface area contributed by atoms with Crippen LogP contribution in [0.5, 0.6) is 5.75 Å². The third kappa shape index (κ3) is 7.56. The Morgan fingerprint density at radius 2 is 1.59 bits per heavy atom. The molecule has 0 aromatic heterocycles. The number of amides is 2. The molecule has 2 aromatic carbocycles. The van der Waals surface area contributed by atoms with Crippen LogP contribution in [-0.2, 0) is 21.4 Å². The van der Waals surface area contributed by atoms with Crippen LogP contribution in [0.25, 0.3) is 0 Å². The van der Waals surface area contributed by atoms with Gasteiger partial charge in [-0.05, 0) is 41.7 Å². The molecule has 0 atom stereocenters. The second kappa shape index (κ2) is 10.0. The minimum atomic E-state index is -0.334. The molecule has 0 spiro atoms. The summed E-state index contributed by atoms with van der Waals surface area (Å²) < 4.78 is 18.6. The molecule has 0 saturated carbocycles. The van der Waals surface area contributed by atoms with Crippen LogP contribution in [0, 0.1) is 12.7 Å². The zero-order valence-electron chi connectivity index (χ0n) is 17.5. The van der Waals surface area contributed by atoms with Gasteiger partial charge in [-0.2, -0.15) is 0 Å². The highest BCUT2D eigenvalue weighted by molar-refractivity contribution is 5.79. The maximum absolute atomic E-state index is 12.9. The van der Waals surface area contributed by atoms with Crippen molar-refractivity contribution in [2.45, 2.75) is 39.5 Å². The summed E-state index contributed by atoms with van der Waals surface area (Å²) in [5.74, 6) is -0.0694. The summed E-state index contributed by atoms with van der Waals surface area (Å²) in [5.41, 5.74) is 2.84. The molecule has 2 rings (SSSR count). The van der Waals surface area contributed by atoms with Crippen LogP contribution < -0.4 is 15.4 Å². The third-order valence-electron chi connectivity index (χ3n) is 4.35. The van der Waals surface area contributed by atoms with Crippen LogP contribution >= 0.6 is 0 Å². The largest absolute Gasteiger partial charge is 0.483 e. The molecule has 0 radical (unpaired) electrons. The number of carbonyl (C=O) groups excluding carboxylic acids is 2. The monoisotopic (exact) mass is 400 g/mol. The second-order valence-corrected chi connectivity index (χ2v) is 8.04. The van der Waals surface area contributed by atoms with E-state index in [1.54, 1.807) is 12.1 Å². The smallest absolute Gasteiger partial charge is 0.258 e. The van der Waals surface area contributed by atoms with Crippen molar-refractivity contribution in [2.75, 3.05) is 19.7 Å². The average molecular weight is 400 g/mol. The Labute approximate surface area is 171 Å². The number of carbonyl (C=O) groups is 2. The number of ether oxygens (including phenoxy) is 1. The van der Waals surface area contributed by atoms with E-state index in [1.807, 2.05) is 19.1 Å². The fourth-order valence-corrected chi connectivity index (χ4v) is 2.80. The first-order valence-electron chi connectivity index (χ1n) is 9.67. The molecular formula is C23H29FN2O3. The van der Waals surface area contributed by atoms with E-state index in [0.717, 1.165) is 16.7 Å². The molecule has 5 nitrogen and oxygen atoms in total. The lowest BCUT2D eigenvalue weighted by Crippen LogP contribution is -2.37. The van der Waals surface area contributed by atoms with E-state index in [9.17, 15) is 14.0 Å². The molecule has 0 aliphatic rings. The molecule has 0 aliphatic heterocycles. The molecule has 0 bridgehead atoms. The standard InChI is InChI=1S/C23H29FN2O3/c1-16-5-10-20(19(13-16)23(2,3)4)29-15-22(28)26-12-11-25-21(27)14-17-6-8-18(24)9-7-17/h5-10,13H,11-12,14-15H2,1-4H3,(H,25,27)(H,26,28). The van der Waals surface area contributed by atoms with Crippen molar-refractivity contribution in [3.05, 3.63) is 65.0 Å². The van der Waals surface area contributed by atoms with Gasteiger partial charge in [0.1, 0.15) is 11.6 Å². The first-order valence-corrected chi connectivity index (χ1v) is 9.67. The van der Waals surface area contributed by atoms with Gasteiger partial charge < -0.3 is 15.4 Å². The number of aryl methyl sites for hydroxylation is 1. The molecule has 2 amide bonds. The number of nitrogens with one attached hydrogen (secondary N) is 2. The van der Waals surface area contributed by atoms with E-state index < -0.39 is 0 Å². The lowest BCUT2D eigenvalue weighted by molar-refractivity contribution is -0.124. The Balaban J connectivity index is 1.71. The first-order chi connectivity index (χ1) is 13.6. The molecule has 29 heavy (non-hydrogen) atoms. The van der Waals surface area contributed by atoms with Gasteiger partial charge in [0.05, 0.1) is 6.42 Å². The van der Waals surface area contributed by atoms with Gasteiger partial charge in [0, 0.05) is 13.1 Å². The minimum absolute atomic E-state index is 0.0876. The zero-order chi connectivity index (χ0) is 21.4. The quantitative estimate of drug-likeness (QED) is 0.668. The van der Waals surface area contributed by atoms with Gasteiger partial charge in [-0.3, -0.25) is 9.59 Å². The predicted octanol–water partition coefficient (Wildman–Crippen LogP) is 3.29. The van der Waals surface area contributed by atoms with Crippen molar-refractivity contribution in [3.8, 4) is 5.75 Å². The van der Waals surface area contributed by atoms with Gasteiger partial charge in [-0.1, -0.05) is 50.6 Å². The number of benzene rings is 2. The lowest BCUT2D eigenvalue weighted by Gasteiger charge is -2.23. The van der Waals surface area contributed by atoms with Crippen molar-refractivity contribution in [2.24, 2.45) is 0 Å². The molecular weight excluding hydrogens is 371 g/mol. The molecule has 2 aromatic rings. The Bertz CT molecular complexity index is 842. The summed E-state index contributed by atoms with van der Waals surface area (Å²) in [6.07, 6.45) is 0.167. The highest BCUT2D eigenvalue weighted by atomic mass is 19.1. The Morgan fingerprint density at radius 3 is 2.21 bits per heavy atom. The number of hydrogen-bond donors (Lipinski definition) is 2. The Hall–Kier alpha value is -2.89. The molecule has 0 saturated heterocycles. The van der Waals surface area contributed by atoms with E-state index >= 15 is 0 Å². The van der Waals surface area contributed by atoms with Crippen LogP contribution in [0.4, 0.5) is 4.39 Å². The van der Waals surface area contributed by atoms with Gasteiger partial charge in [0.25, 0.3) is 5.91 Å². The number of rotatable bonds is 8. The fraction of sp³-hybridized carbons (Fsp3) is 0.391. The summed E-state index contributed by atoms with van der Waals surface area (Å²) in [6.45, 7) is 8.85. The van der Waals surface area contributed by atoms with Crippen molar-refractivity contribution >= 4 is 11.8 Å². The molecule has 0 aliphatic carbocycles. The van der Waals surface area contributed by atoms with Crippen LogP contribution in [-0.4, -0.2) is 31.5 Å². The van der Waals surface area contributed by atoms with Gasteiger partial charge in [-0.25, -0.2) is 4.39 Å². The third-order valence-corrected chi connectivity index (χ3v) is 4.35. The average Bonchev–Trinajstić information content (AvgIpc) is 2.65. The van der Waals surface area contributed by atoms with Crippen molar-refractivity contribution in [3.63, 3.8) is 0 Å². The second-order valence-electron chi connectivity index (χ2n) is 8.04. The van der Waals surface area contributed by atoms with Crippen LogP contribution in [0.2, 0.25) is 0 Å². The van der Waals surface area contributed by atoms with Gasteiger partial charge in [-0.15, -0.1) is 0 Å². The predicted molar refractivity (Wildman–Crippen MR) is 111 cm³/mol. The van der Waals surface area contributed by atoms with Crippen LogP contribution in [0.3, 0.4) is 0 Å². The van der Waals surface area contributed by atoms with Crippen LogP contribution in [0.15, 0.2) is 42.5 Å².